The smallest absolute Gasteiger partial charge is 0.112 e. The fourth-order valence-corrected chi connectivity index (χ4v) is 13.7. The normalized spacial score (nSPS) is 17.0. The van der Waals surface area contributed by atoms with Crippen molar-refractivity contribution in [3.05, 3.63) is 245 Å². The van der Waals surface area contributed by atoms with E-state index < -0.39 is 0 Å². The number of pyridine rings is 2. The zero-order valence-corrected chi connectivity index (χ0v) is 66.4. The molecule has 0 saturated carbocycles. The summed E-state index contributed by atoms with van der Waals surface area (Å²) >= 11 is 0. The first-order chi connectivity index (χ1) is 49.8. The number of rotatable bonds is 6. The number of aromatic nitrogens is 6. The molecule has 6 aliphatic heterocycles. The molecule has 0 aliphatic carbocycles. The van der Waals surface area contributed by atoms with Crippen LogP contribution in [0.4, 0.5) is 17.1 Å². The Morgan fingerprint density at radius 3 is 1.47 bits per heavy atom. The molecule has 0 fully saturated rings. The minimum Gasteiger partial charge on any atom is -0.382 e. The molecular formula is C90H126N14. The quantitative estimate of drug-likeness (QED) is 0.109. The first-order valence-corrected chi connectivity index (χ1v) is 38.8. The molecule has 0 radical (unpaired) electrons. The molecule has 2 atom stereocenters. The molecule has 14 nitrogen and oxygen atoms in total. The van der Waals surface area contributed by atoms with Gasteiger partial charge in [-0.2, -0.15) is 0 Å². The lowest BCUT2D eigenvalue weighted by Crippen LogP contribution is -2.39. The highest BCUT2D eigenvalue weighted by Crippen LogP contribution is 2.30. The maximum atomic E-state index is 4.53. The number of hydrogen-bond acceptors (Lipinski definition) is 12. The van der Waals surface area contributed by atoms with Gasteiger partial charge >= 0.3 is 0 Å². The topological polar surface area (TPSA) is 133 Å². The average molecular weight is 1400 g/mol. The van der Waals surface area contributed by atoms with Crippen LogP contribution >= 0.6 is 0 Å². The molecule has 4 aromatic heterocycles. The Kier molecular flexibility index (Phi) is 29.3. The van der Waals surface area contributed by atoms with Crippen LogP contribution in [0.2, 0.25) is 0 Å². The number of nitrogens with zero attached hydrogens (tertiary/aromatic N) is 9. The van der Waals surface area contributed by atoms with Gasteiger partial charge < -0.3 is 30.8 Å². The van der Waals surface area contributed by atoms with E-state index in [1.54, 1.807) is 0 Å². The van der Waals surface area contributed by atoms with E-state index in [1.807, 2.05) is 67.3 Å². The summed E-state index contributed by atoms with van der Waals surface area (Å²) in [5.74, 6) is 2.51. The lowest BCUT2D eigenvalue weighted by atomic mass is 9.90. The number of para-hydroxylation sites is 7. The van der Waals surface area contributed by atoms with Crippen LogP contribution in [0.1, 0.15) is 187 Å². The van der Waals surface area contributed by atoms with Gasteiger partial charge in [-0.05, 0) is 207 Å². The van der Waals surface area contributed by atoms with Gasteiger partial charge in [0, 0.05) is 135 Å². The van der Waals surface area contributed by atoms with Gasteiger partial charge in [0.25, 0.3) is 0 Å². The number of benzene rings is 6. The third-order valence-electron chi connectivity index (χ3n) is 20.7. The first-order valence-electron chi connectivity index (χ1n) is 38.8. The maximum Gasteiger partial charge on any atom is 0.112 e. The number of hydrogen-bond donors (Lipinski definition) is 5. The number of anilines is 3. The molecule has 0 amide bonds. The molecule has 16 rings (SSSR count). The van der Waals surface area contributed by atoms with E-state index in [9.17, 15) is 0 Å². The van der Waals surface area contributed by atoms with Gasteiger partial charge in [-0.3, -0.25) is 29.6 Å². The van der Waals surface area contributed by atoms with Crippen LogP contribution in [-0.4, -0.2) is 112 Å². The Balaban J connectivity index is 0.000000138. The lowest BCUT2D eigenvalue weighted by Gasteiger charge is -2.32. The molecule has 6 aliphatic rings. The second-order valence-electron chi connectivity index (χ2n) is 32.5. The summed E-state index contributed by atoms with van der Waals surface area (Å²) in [5, 5.41) is 14.0. The highest BCUT2D eigenvalue weighted by molar-refractivity contribution is 5.76. The zero-order chi connectivity index (χ0) is 74.5. The van der Waals surface area contributed by atoms with E-state index >= 15 is 0 Å². The van der Waals surface area contributed by atoms with E-state index in [0.717, 1.165) is 99.7 Å². The van der Waals surface area contributed by atoms with Crippen molar-refractivity contribution in [2.24, 2.45) is 11.8 Å². The molecular weight excluding hydrogens is 1280 g/mol. The van der Waals surface area contributed by atoms with Crippen LogP contribution in [0, 0.1) is 11.8 Å². The van der Waals surface area contributed by atoms with Gasteiger partial charge in [-0.1, -0.05) is 164 Å². The second kappa shape index (κ2) is 38.2. The molecule has 10 aromatic rings. The van der Waals surface area contributed by atoms with E-state index in [4.69, 9.17) is 0 Å². The summed E-state index contributed by atoms with van der Waals surface area (Å²) in [7, 11) is 0. The Morgan fingerprint density at radius 1 is 0.413 bits per heavy atom. The first kappa shape index (κ1) is 79.9. The molecule has 0 bridgehead atoms. The van der Waals surface area contributed by atoms with Crippen molar-refractivity contribution in [2.45, 2.75) is 237 Å². The van der Waals surface area contributed by atoms with Gasteiger partial charge in [0.05, 0.1) is 47.4 Å². The van der Waals surface area contributed by atoms with Crippen LogP contribution in [0.3, 0.4) is 0 Å². The Labute approximate surface area is 625 Å². The molecule has 0 spiro atoms. The summed E-state index contributed by atoms with van der Waals surface area (Å²) in [6, 6.07) is 63.0. The summed E-state index contributed by atoms with van der Waals surface area (Å²) in [5.41, 5.74) is 21.2. The third-order valence-corrected chi connectivity index (χ3v) is 20.7. The van der Waals surface area contributed by atoms with Gasteiger partial charge in [0.15, 0.2) is 0 Å². The van der Waals surface area contributed by atoms with E-state index in [1.165, 1.54) is 98.7 Å². The van der Waals surface area contributed by atoms with Crippen LogP contribution in [-0.2, 0) is 69.4 Å². The number of aryl methyl sites for hydroxylation is 1. The van der Waals surface area contributed by atoms with Crippen molar-refractivity contribution in [2.75, 3.05) is 42.4 Å². The predicted molar refractivity (Wildman–Crippen MR) is 440 cm³/mol. The van der Waals surface area contributed by atoms with Gasteiger partial charge in [-0.15, -0.1) is 0 Å². The molecule has 104 heavy (non-hydrogen) atoms. The van der Waals surface area contributed by atoms with Crippen molar-refractivity contribution in [1.82, 2.24) is 54.4 Å². The number of imidazole rings is 2. The van der Waals surface area contributed by atoms with Crippen LogP contribution in [0.5, 0.6) is 0 Å². The van der Waals surface area contributed by atoms with Gasteiger partial charge in [0.2, 0.25) is 0 Å². The highest BCUT2D eigenvalue weighted by atomic mass is 15.3. The zero-order valence-electron chi connectivity index (χ0n) is 66.4. The molecule has 556 valence electrons. The standard InChI is InChI=1S/2C12H17N.2C11H14N2.4C11H16N2/c1-9(2)12-7-10-5-3-4-6-11(10)8-13-12;1-9(2)11-8-7-10-5-3-4-6-12(10)13-11;1-11(2,3)13-8-12-9-6-4-5-7-10(9)13;1-11(2,3)10-12-8-6-4-5-7-9(8)13-10;1-9(2)13-7-5-11-10(8-13)4-3-6-12-11;1-9(2)13-7-5-10-4-3-6-12-11(10)8-13;2*1-9(2)13-7-10-5-3-4-6-11(10)12-8-13/h3-6,9,12-13H,7-8H2,1-2H3;3-6,9,11,13H,7-8H2,1-2H3;4-8H,1-3H3;4-7H,1-3H3,(H,12,13);2*3-4,6,9H,5,7-8H2,1-2H3;2*3-6,9,12H,7-8H2,1-2H3. The number of H-pyrrole nitrogens is 1. The van der Waals surface area contributed by atoms with Gasteiger partial charge in [-0.25, -0.2) is 9.97 Å². The van der Waals surface area contributed by atoms with Crippen molar-refractivity contribution in [3.63, 3.8) is 0 Å². The summed E-state index contributed by atoms with van der Waals surface area (Å²) < 4.78 is 2.20. The molecule has 0 saturated heterocycles. The number of nitrogens with one attached hydrogen (secondary N) is 5. The van der Waals surface area contributed by atoms with Crippen LogP contribution in [0.15, 0.2) is 189 Å². The predicted octanol–water partition coefficient (Wildman–Crippen LogP) is 19.3. The largest absolute Gasteiger partial charge is 0.382 e. The molecule has 10 heterocycles. The Hall–Kier alpha value is -8.24. The van der Waals surface area contributed by atoms with Crippen molar-refractivity contribution in [3.8, 4) is 0 Å². The van der Waals surface area contributed by atoms with Crippen LogP contribution < -0.4 is 21.3 Å². The highest BCUT2D eigenvalue weighted by Gasteiger charge is 2.25. The Morgan fingerprint density at radius 2 is 0.894 bits per heavy atom. The van der Waals surface area contributed by atoms with E-state index in [-0.39, 0.29) is 11.0 Å². The van der Waals surface area contributed by atoms with Gasteiger partial charge in [0.1, 0.15) is 5.82 Å². The van der Waals surface area contributed by atoms with Crippen molar-refractivity contribution >= 4 is 39.1 Å². The molecule has 2 unspecified atom stereocenters. The molecule has 6 aromatic carbocycles. The maximum absolute atomic E-state index is 4.53. The summed E-state index contributed by atoms with van der Waals surface area (Å²) in [4.78, 5) is 30.8. The second-order valence-corrected chi connectivity index (χ2v) is 32.5. The molecule has 14 heteroatoms. The lowest BCUT2D eigenvalue weighted by molar-refractivity contribution is 0.200. The number of fused-ring (bicyclic) bond motifs is 8. The monoisotopic (exact) mass is 1400 g/mol. The number of aromatic amines is 1. The van der Waals surface area contributed by atoms with E-state index in [2.05, 4.69) is 316 Å². The fraction of sp³-hybridized carbons (Fsp3) is 0.467. The fourth-order valence-electron chi connectivity index (χ4n) is 13.7. The van der Waals surface area contributed by atoms with Crippen molar-refractivity contribution in [1.29, 1.82) is 0 Å². The van der Waals surface area contributed by atoms with Crippen LogP contribution in [0.25, 0.3) is 22.1 Å². The Bertz CT molecular complexity index is 3680. The van der Waals surface area contributed by atoms with Crippen molar-refractivity contribution < 1.29 is 0 Å². The summed E-state index contributed by atoms with van der Waals surface area (Å²) in [6.07, 6.45) is 11.6. The minimum absolute atomic E-state index is 0.0962. The third kappa shape index (κ3) is 23.1. The van der Waals surface area contributed by atoms with E-state index in [0.29, 0.717) is 36.3 Å². The average Bonchev–Trinajstić information content (AvgIpc) is 1.69. The SMILES string of the molecule is CC(C)(C)c1nc2ccccc2[nH]1.CC(C)(C)n1cnc2ccccc21.CC(C)C1CCc2ccccc2N1.CC(C)C1Cc2ccccc2CN1.CC(C)N1CCc2cccnc2C1.CC(C)N1CCc2ncccc2C1.CC(C)N1CNc2ccccc2C1.CC(C)N1CNc2ccccc2C1. The summed E-state index contributed by atoms with van der Waals surface area (Å²) in [6.45, 7) is 49.6. The molecule has 5 N–H and O–H groups in total. The minimum atomic E-state index is 0.0962.